The minimum atomic E-state index is -0.348. The van der Waals surface area contributed by atoms with E-state index in [4.69, 9.17) is 13.7 Å². The molecule has 21 heavy (non-hydrogen) atoms. The molecule has 2 aromatic rings. The van der Waals surface area contributed by atoms with Gasteiger partial charge in [0.15, 0.2) is 5.76 Å². The Morgan fingerprint density at radius 2 is 2.24 bits per heavy atom. The number of aromatic nitrogens is 1. The van der Waals surface area contributed by atoms with Crippen LogP contribution in [0.3, 0.4) is 0 Å². The lowest BCUT2D eigenvalue weighted by Crippen LogP contribution is -2.38. The highest BCUT2D eigenvalue weighted by Gasteiger charge is 2.20. The molecule has 0 bridgehead atoms. The molecule has 2 aromatic heterocycles. The van der Waals surface area contributed by atoms with Gasteiger partial charge in [-0.25, -0.2) is 0 Å². The Kier molecular flexibility index (Phi) is 5.16. The average molecular weight is 292 g/mol. The van der Waals surface area contributed by atoms with E-state index in [1.165, 1.54) is 7.11 Å². The number of ether oxygens (including phenoxy) is 1. The van der Waals surface area contributed by atoms with E-state index in [1.807, 2.05) is 0 Å². The molecule has 1 atom stereocenters. The largest absolute Gasteiger partial charge is 0.468 e. The monoisotopic (exact) mass is 292 g/mol. The lowest BCUT2D eigenvalue weighted by atomic mass is 10.0. The zero-order valence-corrected chi connectivity index (χ0v) is 12.5. The number of methoxy groups -OCH3 is 1. The highest BCUT2D eigenvalue weighted by atomic mass is 16.5. The molecule has 0 aliphatic heterocycles. The summed E-state index contributed by atoms with van der Waals surface area (Å²) < 4.78 is 15.3. The number of hydrogen-bond donors (Lipinski definition) is 1. The average Bonchev–Trinajstić information content (AvgIpc) is 3.12. The summed E-state index contributed by atoms with van der Waals surface area (Å²) in [5.41, 5.74) is 0.707. The van der Waals surface area contributed by atoms with Crippen LogP contribution in [0.1, 0.15) is 26.0 Å². The second-order valence-corrected chi connectivity index (χ2v) is 5.25. The first kappa shape index (κ1) is 15.3. The van der Waals surface area contributed by atoms with Crippen molar-refractivity contribution in [3.8, 4) is 11.5 Å². The van der Waals surface area contributed by atoms with Crippen LogP contribution in [0.4, 0.5) is 0 Å². The lowest BCUT2D eigenvalue weighted by molar-refractivity contribution is -0.143. The summed E-state index contributed by atoms with van der Waals surface area (Å²) in [7, 11) is 1.39. The number of hydrogen-bond acceptors (Lipinski definition) is 6. The first-order chi connectivity index (χ1) is 10.1. The zero-order valence-electron chi connectivity index (χ0n) is 12.5. The lowest BCUT2D eigenvalue weighted by Gasteiger charge is -2.17. The fraction of sp³-hybridized carbons (Fsp3) is 0.467. The zero-order chi connectivity index (χ0) is 15.2. The maximum atomic E-state index is 11.7. The molecular formula is C15H20N2O4. The molecule has 6 heteroatoms. The summed E-state index contributed by atoms with van der Waals surface area (Å²) >= 11 is 0. The number of carbonyl (C=O) groups excluding carboxylic acids is 1. The summed E-state index contributed by atoms with van der Waals surface area (Å²) in [5.74, 6) is 1.31. The SMILES string of the molecule is COC(=O)C(CC(C)C)NCc1cc(-c2ccco2)on1. The molecule has 0 fully saturated rings. The van der Waals surface area contributed by atoms with E-state index in [1.54, 1.807) is 24.5 Å². The van der Waals surface area contributed by atoms with Crippen LogP contribution in [0, 0.1) is 5.92 Å². The molecule has 2 heterocycles. The smallest absolute Gasteiger partial charge is 0.322 e. The Balaban J connectivity index is 1.96. The van der Waals surface area contributed by atoms with Crippen molar-refractivity contribution in [2.75, 3.05) is 7.11 Å². The second kappa shape index (κ2) is 7.08. The first-order valence-corrected chi connectivity index (χ1v) is 6.90. The Morgan fingerprint density at radius 3 is 2.86 bits per heavy atom. The standard InChI is InChI=1S/C15H20N2O4/c1-10(2)7-12(15(18)19-3)16-9-11-8-14(21-17-11)13-5-4-6-20-13/h4-6,8,10,12,16H,7,9H2,1-3H3. The van der Waals surface area contributed by atoms with Crippen molar-refractivity contribution in [2.24, 2.45) is 5.92 Å². The Labute approximate surface area is 123 Å². The third kappa shape index (κ3) is 4.19. The first-order valence-electron chi connectivity index (χ1n) is 6.90. The summed E-state index contributed by atoms with van der Waals surface area (Å²) in [6, 6.07) is 5.02. The van der Waals surface area contributed by atoms with Gasteiger partial charge in [-0.2, -0.15) is 0 Å². The third-order valence-electron chi connectivity index (χ3n) is 3.05. The highest BCUT2D eigenvalue weighted by Crippen LogP contribution is 2.20. The molecule has 0 spiro atoms. The molecule has 0 saturated heterocycles. The topological polar surface area (TPSA) is 77.5 Å². The number of carbonyl (C=O) groups is 1. The van der Waals surface area contributed by atoms with Crippen LogP contribution in [0.5, 0.6) is 0 Å². The van der Waals surface area contributed by atoms with Crippen LogP contribution >= 0.6 is 0 Å². The van der Waals surface area contributed by atoms with E-state index >= 15 is 0 Å². The number of nitrogens with one attached hydrogen (secondary N) is 1. The molecule has 0 radical (unpaired) electrons. The van der Waals surface area contributed by atoms with Crippen molar-refractivity contribution < 1.29 is 18.5 Å². The Bertz CT molecular complexity index is 560. The summed E-state index contributed by atoms with van der Waals surface area (Å²) in [6.07, 6.45) is 2.28. The molecule has 6 nitrogen and oxygen atoms in total. The molecule has 1 unspecified atom stereocenters. The second-order valence-electron chi connectivity index (χ2n) is 5.25. The van der Waals surface area contributed by atoms with Gasteiger partial charge in [-0.05, 0) is 24.5 Å². The maximum absolute atomic E-state index is 11.7. The Morgan fingerprint density at radius 1 is 1.43 bits per heavy atom. The van der Waals surface area contributed by atoms with Gasteiger partial charge in [-0.15, -0.1) is 0 Å². The van der Waals surface area contributed by atoms with Gasteiger partial charge in [-0.3, -0.25) is 10.1 Å². The van der Waals surface area contributed by atoms with Crippen molar-refractivity contribution in [1.82, 2.24) is 10.5 Å². The van der Waals surface area contributed by atoms with Crippen LogP contribution in [-0.2, 0) is 16.1 Å². The van der Waals surface area contributed by atoms with Gasteiger partial charge in [0.25, 0.3) is 0 Å². The van der Waals surface area contributed by atoms with E-state index in [-0.39, 0.29) is 12.0 Å². The van der Waals surface area contributed by atoms with Gasteiger partial charge < -0.3 is 13.7 Å². The van der Waals surface area contributed by atoms with Crippen LogP contribution in [0.2, 0.25) is 0 Å². The van der Waals surface area contributed by atoms with Crippen molar-refractivity contribution in [1.29, 1.82) is 0 Å². The van der Waals surface area contributed by atoms with E-state index in [9.17, 15) is 4.79 Å². The number of esters is 1. The van der Waals surface area contributed by atoms with Crippen LogP contribution in [-0.4, -0.2) is 24.3 Å². The van der Waals surface area contributed by atoms with Crippen molar-refractivity contribution in [3.63, 3.8) is 0 Å². The molecule has 0 aliphatic carbocycles. The molecule has 2 rings (SSSR count). The van der Waals surface area contributed by atoms with E-state index in [0.29, 0.717) is 36.1 Å². The van der Waals surface area contributed by atoms with E-state index < -0.39 is 0 Å². The summed E-state index contributed by atoms with van der Waals surface area (Å²) in [6.45, 7) is 4.54. The van der Waals surface area contributed by atoms with Crippen LogP contribution in [0.15, 0.2) is 33.4 Å². The summed E-state index contributed by atoms with van der Waals surface area (Å²) in [5, 5.41) is 7.11. The molecule has 114 valence electrons. The van der Waals surface area contributed by atoms with Gasteiger partial charge >= 0.3 is 5.97 Å². The normalized spacial score (nSPS) is 12.6. The van der Waals surface area contributed by atoms with Crippen molar-refractivity contribution in [2.45, 2.75) is 32.9 Å². The summed E-state index contributed by atoms with van der Waals surface area (Å²) in [4.78, 5) is 11.7. The van der Waals surface area contributed by atoms with Gasteiger partial charge in [0.1, 0.15) is 6.04 Å². The highest BCUT2D eigenvalue weighted by molar-refractivity contribution is 5.75. The van der Waals surface area contributed by atoms with Gasteiger partial charge in [0.2, 0.25) is 5.76 Å². The minimum absolute atomic E-state index is 0.265. The number of rotatable bonds is 7. The van der Waals surface area contributed by atoms with Crippen molar-refractivity contribution >= 4 is 5.97 Å². The predicted octanol–water partition coefficient (Wildman–Crippen LogP) is 2.61. The Hall–Kier alpha value is -2.08. The van der Waals surface area contributed by atoms with E-state index in [0.717, 1.165) is 0 Å². The molecule has 0 aromatic carbocycles. The fourth-order valence-electron chi connectivity index (χ4n) is 2.03. The minimum Gasteiger partial charge on any atom is -0.468 e. The number of nitrogens with zero attached hydrogens (tertiary/aromatic N) is 1. The fourth-order valence-corrected chi connectivity index (χ4v) is 2.03. The van der Waals surface area contributed by atoms with Crippen molar-refractivity contribution in [3.05, 3.63) is 30.2 Å². The maximum Gasteiger partial charge on any atom is 0.322 e. The third-order valence-corrected chi connectivity index (χ3v) is 3.05. The molecular weight excluding hydrogens is 272 g/mol. The van der Waals surface area contributed by atoms with Gasteiger partial charge in [0, 0.05) is 12.6 Å². The van der Waals surface area contributed by atoms with Gasteiger partial charge in [0.05, 0.1) is 19.1 Å². The predicted molar refractivity (Wildman–Crippen MR) is 76.3 cm³/mol. The number of furan rings is 1. The molecule has 0 saturated carbocycles. The van der Waals surface area contributed by atoms with Crippen LogP contribution < -0.4 is 5.32 Å². The molecule has 0 amide bonds. The molecule has 0 aliphatic rings. The van der Waals surface area contributed by atoms with E-state index in [2.05, 4.69) is 24.3 Å². The molecule has 1 N–H and O–H groups in total. The van der Waals surface area contributed by atoms with Gasteiger partial charge in [-0.1, -0.05) is 19.0 Å². The van der Waals surface area contributed by atoms with Crippen LogP contribution in [0.25, 0.3) is 11.5 Å². The quantitative estimate of drug-likeness (QED) is 0.790.